The second-order valence-corrected chi connectivity index (χ2v) is 5.64. The predicted molar refractivity (Wildman–Crippen MR) is 89.5 cm³/mol. The van der Waals surface area contributed by atoms with Gasteiger partial charge >= 0.3 is 0 Å². The van der Waals surface area contributed by atoms with Gasteiger partial charge in [-0.3, -0.25) is 4.99 Å². The van der Waals surface area contributed by atoms with E-state index in [1.54, 1.807) is 0 Å². The van der Waals surface area contributed by atoms with Crippen molar-refractivity contribution in [1.82, 2.24) is 10.2 Å². The highest BCUT2D eigenvalue weighted by Crippen LogP contribution is 2.02. The van der Waals surface area contributed by atoms with Gasteiger partial charge in [0.2, 0.25) is 0 Å². The fourth-order valence-electron chi connectivity index (χ4n) is 2.01. The van der Waals surface area contributed by atoms with Gasteiger partial charge in [-0.1, -0.05) is 44.2 Å². The van der Waals surface area contributed by atoms with Crippen molar-refractivity contribution in [2.24, 2.45) is 10.9 Å². The number of hydrogen-bond donors (Lipinski definition) is 1. The average Bonchev–Trinajstić information content (AvgIpc) is 2.47. The van der Waals surface area contributed by atoms with Crippen molar-refractivity contribution in [2.45, 2.75) is 26.8 Å². The minimum absolute atomic E-state index is 0.600. The van der Waals surface area contributed by atoms with Crippen LogP contribution in [0.1, 0.15) is 25.8 Å². The van der Waals surface area contributed by atoms with E-state index < -0.39 is 0 Å². The molecule has 0 aromatic heterocycles. The van der Waals surface area contributed by atoms with E-state index in [0.717, 1.165) is 38.7 Å². The maximum absolute atomic E-state index is 5.57. The molecule has 118 valence electrons. The van der Waals surface area contributed by atoms with Gasteiger partial charge in [-0.05, 0) is 17.9 Å². The molecule has 1 aromatic rings. The molecule has 1 aromatic carbocycles. The largest absolute Gasteiger partial charge is 0.381 e. The Hall–Kier alpha value is -1.55. The molecule has 4 nitrogen and oxygen atoms in total. The third kappa shape index (κ3) is 7.71. The predicted octanol–water partition coefficient (Wildman–Crippen LogP) is 2.76. The Labute approximate surface area is 129 Å². The minimum atomic E-state index is 0.600. The lowest BCUT2D eigenvalue weighted by atomic mass is 10.2. The van der Waals surface area contributed by atoms with Crippen LogP contribution in [0.5, 0.6) is 0 Å². The van der Waals surface area contributed by atoms with Crippen molar-refractivity contribution in [3.8, 4) is 0 Å². The number of ether oxygens (including phenoxy) is 1. The molecule has 21 heavy (non-hydrogen) atoms. The van der Waals surface area contributed by atoms with Crippen LogP contribution >= 0.6 is 0 Å². The van der Waals surface area contributed by atoms with Crippen LogP contribution in [0.3, 0.4) is 0 Å². The maximum atomic E-state index is 5.57. The lowest BCUT2D eigenvalue weighted by Gasteiger charge is -2.22. The highest BCUT2D eigenvalue weighted by atomic mass is 16.5. The Morgan fingerprint density at radius 1 is 1.29 bits per heavy atom. The third-order valence-corrected chi connectivity index (χ3v) is 3.04. The Morgan fingerprint density at radius 3 is 2.62 bits per heavy atom. The second-order valence-electron chi connectivity index (χ2n) is 5.64. The van der Waals surface area contributed by atoms with Crippen LogP contribution in [-0.4, -0.2) is 44.7 Å². The van der Waals surface area contributed by atoms with Gasteiger partial charge in [-0.2, -0.15) is 0 Å². The van der Waals surface area contributed by atoms with Crippen LogP contribution < -0.4 is 5.32 Å². The van der Waals surface area contributed by atoms with E-state index in [2.05, 4.69) is 60.4 Å². The Bertz CT molecular complexity index is 404. The summed E-state index contributed by atoms with van der Waals surface area (Å²) < 4.78 is 5.57. The molecule has 0 heterocycles. The summed E-state index contributed by atoms with van der Waals surface area (Å²) in [4.78, 5) is 6.45. The SMILES string of the molecule is CN=C(NCCCOCC(C)C)N(C)Cc1ccccc1. The Balaban J connectivity index is 2.25. The first-order valence-electron chi connectivity index (χ1n) is 7.67. The third-order valence-electron chi connectivity index (χ3n) is 3.04. The quantitative estimate of drug-likeness (QED) is 0.454. The molecule has 0 aliphatic carbocycles. The van der Waals surface area contributed by atoms with Crippen LogP contribution in [-0.2, 0) is 11.3 Å². The average molecular weight is 291 g/mol. The molecular formula is C17H29N3O. The number of benzene rings is 1. The molecular weight excluding hydrogens is 262 g/mol. The van der Waals surface area contributed by atoms with Gasteiger partial charge in [0.25, 0.3) is 0 Å². The van der Waals surface area contributed by atoms with Crippen molar-refractivity contribution in [2.75, 3.05) is 33.9 Å². The number of aliphatic imine (C=N–C) groups is 1. The van der Waals surface area contributed by atoms with Crippen molar-refractivity contribution in [3.63, 3.8) is 0 Å². The lowest BCUT2D eigenvalue weighted by Crippen LogP contribution is -2.39. The molecule has 0 aliphatic heterocycles. The summed E-state index contributed by atoms with van der Waals surface area (Å²) in [6.45, 7) is 7.69. The number of nitrogens with one attached hydrogen (secondary N) is 1. The Kier molecular flexibility index (Phi) is 8.51. The van der Waals surface area contributed by atoms with Crippen molar-refractivity contribution in [3.05, 3.63) is 35.9 Å². The summed E-state index contributed by atoms with van der Waals surface area (Å²) in [6, 6.07) is 10.4. The summed E-state index contributed by atoms with van der Waals surface area (Å²) in [5.41, 5.74) is 1.28. The van der Waals surface area contributed by atoms with Gasteiger partial charge in [-0.15, -0.1) is 0 Å². The van der Waals surface area contributed by atoms with E-state index >= 15 is 0 Å². The molecule has 0 fully saturated rings. The molecule has 0 atom stereocenters. The molecule has 0 radical (unpaired) electrons. The molecule has 0 saturated heterocycles. The molecule has 0 unspecified atom stereocenters. The summed E-state index contributed by atoms with van der Waals surface area (Å²) in [5, 5.41) is 3.37. The van der Waals surface area contributed by atoms with E-state index in [4.69, 9.17) is 4.74 Å². The molecule has 1 rings (SSSR count). The first-order chi connectivity index (χ1) is 10.1. The van der Waals surface area contributed by atoms with Crippen LogP contribution in [0, 0.1) is 5.92 Å². The normalized spacial score (nSPS) is 11.8. The van der Waals surface area contributed by atoms with Crippen molar-refractivity contribution in [1.29, 1.82) is 0 Å². The number of rotatable bonds is 8. The summed E-state index contributed by atoms with van der Waals surface area (Å²) in [5.74, 6) is 1.52. The van der Waals surface area contributed by atoms with Gasteiger partial charge in [0.1, 0.15) is 0 Å². The fraction of sp³-hybridized carbons (Fsp3) is 0.588. The molecule has 0 spiro atoms. The van der Waals surface area contributed by atoms with Gasteiger partial charge in [0.05, 0.1) is 0 Å². The standard InChI is InChI=1S/C17H29N3O/c1-15(2)14-21-12-8-11-19-17(18-3)20(4)13-16-9-6-5-7-10-16/h5-7,9-10,15H,8,11-14H2,1-4H3,(H,18,19). The minimum Gasteiger partial charge on any atom is -0.381 e. The second kappa shape index (κ2) is 10.2. The smallest absolute Gasteiger partial charge is 0.193 e. The van der Waals surface area contributed by atoms with Crippen LogP contribution in [0.4, 0.5) is 0 Å². The molecule has 1 N–H and O–H groups in total. The number of hydrogen-bond acceptors (Lipinski definition) is 2. The zero-order valence-electron chi connectivity index (χ0n) is 13.8. The maximum Gasteiger partial charge on any atom is 0.193 e. The van der Waals surface area contributed by atoms with E-state index in [0.29, 0.717) is 5.92 Å². The Morgan fingerprint density at radius 2 is 2.00 bits per heavy atom. The molecule has 0 amide bonds. The van der Waals surface area contributed by atoms with Crippen LogP contribution in [0.2, 0.25) is 0 Å². The molecule has 4 heteroatoms. The van der Waals surface area contributed by atoms with E-state index in [1.165, 1.54) is 5.56 Å². The van der Waals surface area contributed by atoms with Gasteiger partial charge in [-0.25, -0.2) is 0 Å². The monoisotopic (exact) mass is 291 g/mol. The molecule has 0 saturated carbocycles. The zero-order valence-corrected chi connectivity index (χ0v) is 13.8. The van der Waals surface area contributed by atoms with Gasteiger partial charge in [0.15, 0.2) is 5.96 Å². The topological polar surface area (TPSA) is 36.9 Å². The van der Waals surface area contributed by atoms with Crippen molar-refractivity contribution < 1.29 is 4.74 Å². The lowest BCUT2D eigenvalue weighted by molar-refractivity contribution is 0.108. The van der Waals surface area contributed by atoms with E-state index in [9.17, 15) is 0 Å². The fourth-order valence-corrected chi connectivity index (χ4v) is 2.01. The molecule has 0 bridgehead atoms. The summed E-state index contributed by atoms with van der Waals surface area (Å²) in [6.07, 6.45) is 0.991. The van der Waals surface area contributed by atoms with Crippen molar-refractivity contribution >= 4 is 5.96 Å². The summed E-state index contributed by atoms with van der Waals surface area (Å²) >= 11 is 0. The highest BCUT2D eigenvalue weighted by Gasteiger charge is 2.05. The van der Waals surface area contributed by atoms with E-state index in [-0.39, 0.29) is 0 Å². The van der Waals surface area contributed by atoms with Crippen LogP contribution in [0.15, 0.2) is 35.3 Å². The van der Waals surface area contributed by atoms with E-state index in [1.807, 2.05) is 13.1 Å². The first-order valence-corrected chi connectivity index (χ1v) is 7.67. The first kappa shape index (κ1) is 17.5. The number of nitrogens with zero attached hydrogens (tertiary/aromatic N) is 2. The van der Waals surface area contributed by atoms with Crippen LogP contribution in [0.25, 0.3) is 0 Å². The molecule has 0 aliphatic rings. The number of guanidine groups is 1. The highest BCUT2D eigenvalue weighted by molar-refractivity contribution is 5.79. The van der Waals surface area contributed by atoms with Gasteiger partial charge < -0.3 is 15.0 Å². The van der Waals surface area contributed by atoms with Gasteiger partial charge in [0, 0.05) is 40.4 Å². The zero-order chi connectivity index (χ0) is 15.5. The summed E-state index contributed by atoms with van der Waals surface area (Å²) in [7, 11) is 3.87.